The summed E-state index contributed by atoms with van der Waals surface area (Å²) in [5.74, 6) is -0.0209. The Morgan fingerprint density at radius 1 is 1.00 bits per heavy atom. The van der Waals surface area contributed by atoms with Gasteiger partial charge in [-0.15, -0.1) is 0 Å². The Bertz CT molecular complexity index is 883. The Morgan fingerprint density at radius 3 is 2.54 bits per heavy atom. The lowest BCUT2D eigenvalue weighted by Crippen LogP contribution is -2.23. The van der Waals surface area contributed by atoms with Gasteiger partial charge in [-0.1, -0.05) is 35.3 Å². The largest absolute Gasteiger partial charge is 0.352 e. The SMILES string of the molecule is O=C(CCc1ccc(Cl)c(Cl)c1)NCc1ccc(-c2cccnc2)nc1. The van der Waals surface area contributed by atoms with Crippen molar-refractivity contribution in [2.75, 3.05) is 0 Å². The molecule has 26 heavy (non-hydrogen) atoms. The van der Waals surface area contributed by atoms with E-state index in [2.05, 4.69) is 15.3 Å². The third-order valence-corrected chi connectivity index (χ3v) is 4.64. The van der Waals surface area contributed by atoms with Crippen molar-refractivity contribution >= 4 is 29.1 Å². The topological polar surface area (TPSA) is 54.9 Å². The van der Waals surface area contributed by atoms with Crippen molar-refractivity contribution in [1.82, 2.24) is 15.3 Å². The monoisotopic (exact) mass is 385 g/mol. The Balaban J connectivity index is 1.49. The molecule has 3 aromatic rings. The molecule has 1 amide bonds. The zero-order valence-corrected chi connectivity index (χ0v) is 15.5. The van der Waals surface area contributed by atoms with E-state index in [0.717, 1.165) is 22.4 Å². The second-order valence-electron chi connectivity index (χ2n) is 5.82. The van der Waals surface area contributed by atoms with Gasteiger partial charge < -0.3 is 5.32 Å². The second-order valence-corrected chi connectivity index (χ2v) is 6.63. The minimum absolute atomic E-state index is 0.0209. The molecule has 0 saturated carbocycles. The maximum atomic E-state index is 12.0. The summed E-state index contributed by atoms with van der Waals surface area (Å²) in [5, 5.41) is 3.92. The first-order chi connectivity index (χ1) is 12.6. The molecule has 0 aliphatic heterocycles. The van der Waals surface area contributed by atoms with Crippen LogP contribution in [0.25, 0.3) is 11.3 Å². The van der Waals surface area contributed by atoms with Crippen LogP contribution in [0.5, 0.6) is 0 Å². The molecule has 0 saturated heterocycles. The number of rotatable bonds is 6. The van der Waals surface area contributed by atoms with Crippen molar-refractivity contribution in [3.8, 4) is 11.3 Å². The van der Waals surface area contributed by atoms with Crippen LogP contribution in [-0.4, -0.2) is 15.9 Å². The van der Waals surface area contributed by atoms with E-state index in [1.807, 2.05) is 30.3 Å². The molecule has 2 heterocycles. The highest BCUT2D eigenvalue weighted by molar-refractivity contribution is 6.42. The van der Waals surface area contributed by atoms with Gasteiger partial charge in [-0.2, -0.15) is 0 Å². The number of nitrogens with one attached hydrogen (secondary N) is 1. The smallest absolute Gasteiger partial charge is 0.220 e. The number of carbonyl (C=O) groups is 1. The fourth-order valence-electron chi connectivity index (χ4n) is 2.46. The summed E-state index contributed by atoms with van der Waals surface area (Å²) in [4.78, 5) is 20.5. The normalized spacial score (nSPS) is 10.5. The van der Waals surface area contributed by atoms with Gasteiger partial charge >= 0.3 is 0 Å². The third kappa shape index (κ3) is 5.04. The van der Waals surface area contributed by atoms with E-state index >= 15 is 0 Å². The number of aromatic nitrogens is 2. The lowest BCUT2D eigenvalue weighted by molar-refractivity contribution is -0.121. The van der Waals surface area contributed by atoms with Gasteiger partial charge in [0, 0.05) is 37.1 Å². The van der Waals surface area contributed by atoms with E-state index in [4.69, 9.17) is 23.2 Å². The number of halogens is 2. The van der Waals surface area contributed by atoms with E-state index in [1.54, 1.807) is 30.7 Å². The molecule has 1 N–H and O–H groups in total. The standard InChI is InChI=1S/C20H17Cl2N3O/c21-17-6-3-14(10-18(17)22)5-8-20(26)25-12-15-4-7-19(24-11-15)16-2-1-9-23-13-16/h1-4,6-7,9-11,13H,5,8,12H2,(H,25,26). The zero-order chi connectivity index (χ0) is 18.4. The molecule has 132 valence electrons. The van der Waals surface area contributed by atoms with Crippen molar-refractivity contribution in [2.24, 2.45) is 0 Å². The number of amides is 1. The summed E-state index contributed by atoms with van der Waals surface area (Å²) >= 11 is 11.9. The van der Waals surface area contributed by atoms with E-state index < -0.39 is 0 Å². The quantitative estimate of drug-likeness (QED) is 0.668. The molecule has 0 atom stereocenters. The number of hydrogen-bond acceptors (Lipinski definition) is 3. The Labute approximate surface area is 162 Å². The molecule has 0 spiro atoms. The number of benzene rings is 1. The van der Waals surface area contributed by atoms with Gasteiger partial charge in [-0.25, -0.2) is 0 Å². The van der Waals surface area contributed by atoms with E-state index in [1.165, 1.54) is 0 Å². The number of nitrogens with zero attached hydrogens (tertiary/aromatic N) is 2. The summed E-state index contributed by atoms with van der Waals surface area (Å²) in [6.07, 6.45) is 6.26. The molecule has 0 bridgehead atoms. The van der Waals surface area contributed by atoms with Crippen molar-refractivity contribution in [2.45, 2.75) is 19.4 Å². The minimum atomic E-state index is -0.0209. The highest BCUT2D eigenvalue weighted by atomic mass is 35.5. The molecule has 0 fully saturated rings. The molecule has 0 radical (unpaired) electrons. The average molecular weight is 386 g/mol. The molecule has 6 heteroatoms. The van der Waals surface area contributed by atoms with E-state index in [-0.39, 0.29) is 5.91 Å². The summed E-state index contributed by atoms with van der Waals surface area (Å²) in [6, 6.07) is 13.1. The van der Waals surface area contributed by atoms with Crippen LogP contribution in [-0.2, 0) is 17.8 Å². The summed E-state index contributed by atoms with van der Waals surface area (Å²) < 4.78 is 0. The second kappa shape index (κ2) is 8.79. The third-order valence-electron chi connectivity index (χ3n) is 3.90. The molecular formula is C20H17Cl2N3O. The summed E-state index contributed by atoms with van der Waals surface area (Å²) in [7, 11) is 0. The van der Waals surface area contributed by atoms with Crippen molar-refractivity contribution in [3.05, 3.63) is 82.2 Å². The van der Waals surface area contributed by atoms with Gasteiger partial charge in [-0.05, 0) is 47.9 Å². The van der Waals surface area contributed by atoms with Crippen LogP contribution in [0.3, 0.4) is 0 Å². The van der Waals surface area contributed by atoms with Crippen LogP contribution in [0.2, 0.25) is 10.0 Å². The Hall–Kier alpha value is -2.43. The van der Waals surface area contributed by atoms with Crippen LogP contribution in [0.1, 0.15) is 17.5 Å². The molecular weight excluding hydrogens is 369 g/mol. The zero-order valence-electron chi connectivity index (χ0n) is 14.0. The highest BCUT2D eigenvalue weighted by Gasteiger charge is 2.05. The van der Waals surface area contributed by atoms with Crippen LogP contribution in [0, 0.1) is 0 Å². The lowest BCUT2D eigenvalue weighted by Gasteiger charge is -2.07. The van der Waals surface area contributed by atoms with Crippen LogP contribution in [0.15, 0.2) is 61.1 Å². The molecule has 0 aliphatic rings. The van der Waals surface area contributed by atoms with Crippen LogP contribution in [0.4, 0.5) is 0 Å². The van der Waals surface area contributed by atoms with Crippen molar-refractivity contribution in [1.29, 1.82) is 0 Å². The van der Waals surface area contributed by atoms with Crippen LogP contribution >= 0.6 is 23.2 Å². The van der Waals surface area contributed by atoms with Gasteiger partial charge in [0.25, 0.3) is 0 Å². The molecule has 0 aliphatic carbocycles. The Morgan fingerprint density at radius 2 is 1.85 bits per heavy atom. The minimum Gasteiger partial charge on any atom is -0.352 e. The summed E-state index contributed by atoms with van der Waals surface area (Å²) in [5.41, 5.74) is 3.75. The molecule has 0 unspecified atom stereocenters. The fraction of sp³-hybridized carbons (Fsp3) is 0.150. The average Bonchev–Trinajstić information content (AvgIpc) is 2.68. The number of aryl methyl sites for hydroxylation is 1. The van der Waals surface area contributed by atoms with Crippen molar-refractivity contribution in [3.63, 3.8) is 0 Å². The highest BCUT2D eigenvalue weighted by Crippen LogP contribution is 2.23. The molecule has 2 aromatic heterocycles. The van der Waals surface area contributed by atoms with Gasteiger partial charge in [-0.3, -0.25) is 14.8 Å². The van der Waals surface area contributed by atoms with Crippen molar-refractivity contribution < 1.29 is 4.79 Å². The van der Waals surface area contributed by atoms with Gasteiger partial charge in [0.1, 0.15) is 0 Å². The molecule has 3 rings (SSSR count). The first-order valence-electron chi connectivity index (χ1n) is 8.18. The summed E-state index contributed by atoms with van der Waals surface area (Å²) in [6.45, 7) is 0.445. The van der Waals surface area contributed by atoms with Gasteiger partial charge in [0.15, 0.2) is 0 Å². The van der Waals surface area contributed by atoms with Crippen LogP contribution < -0.4 is 5.32 Å². The lowest BCUT2D eigenvalue weighted by atomic mass is 10.1. The predicted octanol–water partition coefficient (Wildman–Crippen LogP) is 4.70. The first kappa shape index (κ1) is 18.4. The van der Waals surface area contributed by atoms with Gasteiger partial charge in [0.2, 0.25) is 5.91 Å². The van der Waals surface area contributed by atoms with Gasteiger partial charge in [0.05, 0.1) is 15.7 Å². The number of hydrogen-bond donors (Lipinski definition) is 1. The number of pyridine rings is 2. The molecule has 4 nitrogen and oxygen atoms in total. The first-order valence-corrected chi connectivity index (χ1v) is 8.93. The van der Waals surface area contributed by atoms with E-state index in [9.17, 15) is 4.79 Å². The number of carbonyl (C=O) groups excluding carboxylic acids is 1. The fourth-order valence-corrected chi connectivity index (χ4v) is 2.78. The maximum absolute atomic E-state index is 12.0. The maximum Gasteiger partial charge on any atom is 0.220 e. The molecule has 1 aromatic carbocycles. The predicted molar refractivity (Wildman–Crippen MR) is 104 cm³/mol. The van der Waals surface area contributed by atoms with E-state index in [0.29, 0.717) is 29.4 Å². The Kier molecular flexibility index (Phi) is 6.21.